The maximum atomic E-state index is 12.4. The maximum absolute atomic E-state index is 12.4. The predicted molar refractivity (Wildman–Crippen MR) is 131 cm³/mol. The van der Waals surface area contributed by atoms with Crippen LogP contribution in [0.2, 0.25) is 0 Å². The summed E-state index contributed by atoms with van der Waals surface area (Å²) in [7, 11) is -3.67. The molecule has 1 aliphatic carbocycles. The van der Waals surface area contributed by atoms with E-state index in [1.165, 1.54) is 24.5 Å². The van der Waals surface area contributed by atoms with Gasteiger partial charge >= 0.3 is 0 Å². The van der Waals surface area contributed by atoms with Gasteiger partial charge < -0.3 is 9.73 Å². The summed E-state index contributed by atoms with van der Waals surface area (Å²) >= 11 is 0. The van der Waals surface area contributed by atoms with E-state index < -0.39 is 10.0 Å². The number of furan rings is 1. The van der Waals surface area contributed by atoms with Gasteiger partial charge in [-0.05, 0) is 73.0 Å². The van der Waals surface area contributed by atoms with E-state index >= 15 is 0 Å². The zero-order valence-electron chi connectivity index (χ0n) is 18.6. The fraction of sp³-hybridized carbons (Fsp3) is 0.160. The number of H-pyrrole nitrogens is 1. The average Bonchev–Trinajstić information content (AvgIpc) is 3.36. The molecule has 1 fully saturated rings. The van der Waals surface area contributed by atoms with Crippen molar-refractivity contribution in [2.75, 3.05) is 5.32 Å². The highest BCUT2D eigenvalue weighted by molar-refractivity contribution is 7.89. The van der Waals surface area contributed by atoms with Crippen molar-refractivity contribution in [1.82, 2.24) is 19.9 Å². The first-order chi connectivity index (χ1) is 17.0. The second-order valence-electron chi connectivity index (χ2n) is 8.19. The number of nitrogens with one attached hydrogen (secondary N) is 3. The number of benzene rings is 2. The van der Waals surface area contributed by atoms with E-state index in [-0.39, 0.29) is 17.3 Å². The molecule has 1 amide bonds. The second kappa shape index (κ2) is 9.69. The fourth-order valence-electron chi connectivity index (χ4n) is 3.42. The van der Waals surface area contributed by atoms with Crippen molar-refractivity contribution in [2.24, 2.45) is 0 Å². The Morgan fingerprint density at radius 1 is 1.09 bits per heavy atom. The highest BCUT2D eigenvalue weighted by Crippen LogP contribution is 2.38. The number of carbonyl (C=O) groups is 1. The van der Waals surface area contributed by atoms with Crippen LogP contribution >= 0.6 is 0 Å². The molecule has 0 aliphatic heterocycles. The number of aromatic amines is 1. The third-order valence-corrected chi connectivity index (χ3v) is 6.93. The van der Waals surface area contributed by atoms with Crippen LogP contribution in [0.25, 0.3) is 17.5 Å². The smallest absolute Gasteiger partial charge is 0.248 e. The van der Waals surface area contributed by atoms with Crippen LogP contribution in [0.15, 0.2) is 82.3 Å². The summed E-state index contributed by atoms with van der Waals surface area (Å²) in [6.07, 6.45) is 6.80. The lowest BCUT2D eigenvalue weighted by Gasteiger charge is -2.06. The van der Waals surface area contributed by atoms with Crippen molar-refractivity contribution in [3.63, 3.8) is 0 Å². The van der Waals surface area contributed by atoms with Crippen molar-refractivity contribution in [3.8, 4) is 11.4 Å². The summed E-state index contributed by atoms with van der Waals surface area (Å²) in [6.45, 7) is 0.0673. The maximum Gasteiger partial charge on any atom is 0.248 e. The van der Waals surface area contributed by atoms with Crippen molar-refractivity contribution < 1.29 is 17.6 Å². The molecule has 4 aromatic rings. The second-order valence-corrected chi connectivity index (χ2v) is 9.96. The Bertz CT molecular complexity index is 1440. The zero-order chi connectivity index (χ0) is 24.3. The Morgan fingerprint density at radius 3 is 2.54 bits per heavy atom. The molecule has 3 N–H and O–H groups in total. The summed E-state index contributed by atoms with van der Waals surface area (Å²) in [5.41, 5.74) is 2.21. The van der Waals surface area contributed by atoms with Crippen molar-refractivity contribution in [2.45, 2.75) is 30.2 Å². The third kappa shape index (κ3) is 5.73. The van der Waals surface area contributed by atoms with E-state index in [9.17, 15) is 13.2 Å². The molecule has 10 heteroatoms. The first-order valence-electron chi connectivity index (χ1n) is 11.1. The lowest BCUT2D eigenvalue weighted by atomic mass is 10.2. The van der Waals surface area contributed by atoms with Gasteiger partial charge in [0, 0.05) is 23.2 Å². The molecule has 9 nitrogen and oxygen atoms in total. The van der Waals surface area contributed by atoms with Crippen molar-refractivity contribution in [3.05, 3.63) is 90.2 Å². The monoisotopic (exact) mass is 489 g/mol. The first kappa shape index (κ1) is 22.8. The lowest BCUT2D eigenvalue weighted by molar-refractivity contribution is -0.111. The van der Waals surface area contributed by atoms with E-state index in [1.807, 2.05) is 12.1 Å². The summed E-state index contributed by atoms with van der Waals surface area (Å²) in [4.78, 5) is 17.0. The number of anilines is 1. The van der Waals surface area contributed by atoms with Crippen LogP contribution < -0.4 is 10.0 Å². The predicted octanol–water partition coefficient (Wildman–Crippen LogP) is 4.07. The highest BCUT2D eigenvalue weighted by Gasteiger charge is 2.27. The van der Waals surface area contributed by atoms with E-state index in [2.05, 4.69) is 25.2 Å². The van der Waals surface area contributed by atoms with Gasteiger partial charge in [0.1, 0.15) is 11.6 Å². The van der Waals surface area contributed by atoms with E-state index in [0.29, 0.717) is 28.8 Å². The Morgan fingerprint density at radius 2 is 1.86 bits per heavy atom. The summed E-state index contributed by atoms with van der Waals surface area (Å²) < 4.78 is 32.4. The number of rotatable bonds is 9. The minimum absolute atomic E-state index is 0.0673. The van der Waals surface area contributed by atoms with Gasteiger partial charge in [-0.3, -0.25) is 9.89 Å². The molecule has 0 spiro atoms. The third-order valence-electron chi connectivity index (χ3n) is 5.51. The quantitative estimate of drug-likeness (QED) is 0.304. The minimum atomic E-state index is -3.67. The normalized spacial score (nSPS) is 13.8. The number of sulfonamides is 1. The molecule has 2 aromatic carbocycles. The topological polar surface area (TPSA) is 130 Å². The molecule has 2 aromatic heterocycles. The lowest BCUT2D eigenvalue weighted by Crippen LogP contribution is -2.22. The van der Waals surface area contributed by atoms with Crippen LogP contribution in [0.5, 0.6) is 0 Å². The van der Waals surface area contributed by atoms with Crippen LogP contribution in [0, 0.1) is 0 Å². The molecular formula is C25H23N5O4S. The van der Waals surface area contributed by atoms with Gasteiger partial charge in [-0.25, -0.2) is 18.1 Å². The summed E-state index contributed by atoms with van der Waals surface area (Å²) in [5.74, 6) is 2.30. The van der Waals surface area contributed by atoms with Gasteiger partial charge in [-0.15, -0.1) is 0 Å². The SMILES string of the molecule is O=C(/C=C/c1ccc(S(=O)(=O)NCc2ccco2)cc1)Nc1ccc(-c2n[nH]c(C3CC3)n2)cc1. The number of aromatic nitrogens is 3. The van der Waals surface area contributed by atoms with Crippen molar-refractivity contribution in [1.29, 1.82) is 0 Å². The van der Waals surface area contributed by atoms with Gasteiger partial charge in [-0.2, -0.15) is 5.10 Å². The Labute approximate surface area is 202 Å². The van der Waals surface area contributed by atoms with Crippen LogP contribution in [-0.2, 0) is 21.4 Å². The number of hydrogen-bond acceptors (Lipinski definition) is 6. The van der Waals surface area contributed by atoms with Crippen molar-refractivity contribution >= 4 is 27.7 Å². The summed E-state index contributed by atoms with van der Waals surface area (Å²) in [5, 5.41) is 10.1. The van der Waals surface area contributed by atoms with E-state index in [1.54, 1.807) is 42.5 Å². The molecule has 0 bridgehead atoms. The molecule has 0 unspecified atom stereocenters. The van der Waals surface area contributed by atoms with Crippen LogP contribution in [0.3, 0.4) is 0 Å². The Kier molecular flexibility index (Phi) is 6.30. The molecule has 2 heterocycles. The zero-order valence-corrected chi connectivity index (χ0v) is 19.5. The van der Waals surface area contributed by atoms with Crippen LogP contribution in [0.1, 0.15) is 35.9 Å². The molecule has 1 saturated carbocycles. The van der Waals surface area contributed by atoms with Crippen LogP contribution in [0.4, 0.5) is 5.69 Å². The van der Waals surface area contributed by atoms with E-state index in [4.69, 9.17) is 4.42 Å². The number of carbonyl (C=O) groups excluding carboxylic acids is 1. The molecule has 0 atom stereocenters. The standard InChI is InChI=1S/C25H23N5O4S/c31-23(27-20-10-8-19(9-11-20)25-28-24(29-30-25)18-6-7-18)14-5-17-3-12-22(13-4-17)35(32,33)26-16-21-2-1-15-34-21/h1-5,8-15,18,26H,6-7,16H2,(H,27,31)(H,28,29,30)/b14-5+. The molecule has 0 radical (unpaired) electrons. The van der Waals surface area contributed by atoms with Gasteiger partial charge in [-0.1, -0.05) is 12.1 Å². The Hall–Kier alpha value is -4.02. The number of amides is 1. The minimum Gasteiger partial charge on any atom is -0.468 e. The number of nitrogens with zero attached hydrogens (tertiary/aromatic N) is 2. The number of hydrogen-bond donors (Lipinski definition) is 3. The largest absolute Gasteiger partial charge is 0.468 e. The Balaban J connectivity index is 1.15. The molecule has 1 aliphatic rings. The molecule has 0 saturated heterocycles. The van der Waals surface area contributed by atoms with Gasteiger partial charge in [0.15, 0.2) is 5.82 Å². The molecular weight excluding hydrogens is 466 g/mol. The van der Waals surface area contributed by atoms with Gasteiger partial charge in [0.05, 0.1) is 17.7 Å². The average molecular weight is 490 g/mol. The molecule has 178 valence electrons. The van der Waals surface area contributed by atoms with Gasteiger partial charge in [0.25, 0.3) is 0 Å². The van der Waals surface area contributed by atoms with E-state index in [0.717, 1.165) is 24.2 Å². The fourth-order valence-corrected chi connectivity index (χ4v) is 4.42. The molecule has 35 heavy (non-hydrogen) atoms. The molecule has 5 rings (SSSR count). The summed E-state index contributed by atoms with van der Waals surface area (Å²) in [6, 6.07) is 16.9. The first-order valence-corrected chi connectivity index (χ1v) is 12.6. The van der Waals surface area contributed by atoms with Gasteiger partial charge in [0.2, 0.25) is 15.9 Å². The highest BCUT2D eigenvalue weighted by atomic mass is 32.2. The van der Waals surface area contributed by atoms with Crippen LogP contribution in [-0.4, -0.2) is 29.5 Å².